The Morgan fingerprint density at radius 3 is 2.41 bits per heavy atom. The number of carbonyl (C=O) groups excluding carboxylic acids is 1. The Hall–Kier alpha value is -2.24. The van der Waals surface area contributed by atoms with E-state index in [1.807, 2.05) is 43.3 Å². The van der Waals surface area contributed by atoms with E-state index in [0.717, 1.165) is 37.5 Å². The van der Waals surface area contributed by atoms with Crippen molar-refractivity contribution in [2.75, 3.05) is 38.2 Å². The van der Waals surface area contributed by atoms with Crippen LogP contribution >= 0.6 is 11.6 Å². The van der Waals surface area contributed by atoms with Crippen LogP contribution in [0, 0.1) is 0 Å². The Kier molecular flexibility index (Phi) is 6.58. The number of carbonyl (C=O) groups is 1. The number of ether oxygens (including phenoxy) is 1. The number of nitrogens with one attached hydrogen (secondary N) is 1. The van der Waals surface area contributed by atoms with Gasteiger partial charge in [0.2, 0.25) is 5.91 Å². The van der Waals surface area contributed by atoms with Crippen LogP contribution in [0.15, 0.2) is 48.5 Å². The topological polar surface area (TPSA) is 44.8 Å². The van der Waals surface area contributed by atoms with Gasteiger partial charge in [-0.1, -0.05) is 29.8 Å². The zero-order valence-electron chi connectivity index (χ0n) is 15.8. The van der Waals surface area contributed by atoms with Crippen molar-refractivity contribution in [2.45, 2.75) is 19.5 Å². The van der Waals surface area contributed by atoms with Crippen LogP contribution in [0.4, 0.5) is 5.69 Å². The molecule has 27 heavy (non-hydrogen) atoms. The van der Waals surface area contributed by atoms with Gasteiger partial charge in [0.1, 0.15) is 5.75 Å². The highest BCUT2D eigenvalue weighted by atomic mass is 35.5. The lowest BCUT2D eigenvalue weighted by molar-refractivity contribution is -0.126. The summed E-state index contributed by atoms with van der Waals surface area (Å²) in [5, 5.41) is 3.68. The number of anilines is 1. The molecule has 1 saturated heterocycles. The number of amides is 1. The van der Waals surface area contributed by atoms with Crippen molar-refractivity contribution in [1.82, 2.24) is 10.2 Å². The fourth-order valence-corrected chi connectivity index (χ4v) is 3.50. The molecule has 6 heteroatoms. The van der Waals surface area contributed by atoms with Gasteiger partial charge < -0.3 is 15.0 Å². The lowest BCUT2D eigenvalue weighted by Crippen LogP contribution is -2.53. The summed E-state index contributed by atoms with van der Waals surface area (Å²) >= 11 is 6.15. The van der Waals surface area contributed by atoms with Crippen LogP contribution in [0.3, 0.4) is 0 Å². The monoisotopic (exact) mass is 387 g/mol. The van der Waals surface area contributed by atoms with Crippen LogP contribution in [0.2, 0.25) is 5.02 Å². The van der Waals surface area contributed by atoms with Gasteiger partial charge in [-0.15, -0.1) is 0 Å². The van der Waals surface area contributed by atoms with Crippen LogP contribution in [0.25, 0.3) is 0 Å². The molecule has 0 saturated carbocycles. The highest BCUT2D eigenvalue weighted by Gasteiger charge is 2.25. The molecule has 1 N–H and O–H groups in total. The molecule has 0 spiro atoms. The summed E-state index contributed by atoms with van der Waals surface area (Å²) in [6, 6.07) is 15.5. The second-order valence-electron chi connectivity index (χ2n) is 6.71. The van der Waals surface area contributed by atoms with Crippen LogP contribution in [-0.2, 0) is 11.3 Å². The quantitative estimate of drug-likeness (QED) is 0.826. The fourth-order valence-electron chi connectivity index (χ4n) is 3.30. The number of nitrogens with zero attached hydrogens (tertiary/aromatic N) is 2. The van der Waals surface area contributed by atoms with E-state index in [1.165, 1.54) is 5.69 Å². The predicted molar refractivity (Wildman–Crippen MR) is 110 cm³/mol. The van der Waals surface area contributed by atoms with E-state index in [4.69, 9.17) is 16.3 Å². The van der Waals surface area contributed by atoms with Gasteiger partial charge in [-0.3, -0.25) is 9.69 Å². The predicted octanol–water partition coefficient (Wildman–Crippen LogP) is 3.18. The molecule has 5 nitrogen and oxygen atoms in total. The Morgan fingerprint density at radius 1 is 1.11 bits per heavy atom. The van der Waals surface area contributed by atoms with Crippen LogP contribution in [-0.4, -0.2) is 50.1 Å². The van der Waals surface area contributed by atoms with Crippen molar-refractivity contribution in [3.05, 3.63) is 59.1 Å². The summed E-state index contributed by atoms with van der Waals surface area (Å²) in [6.07, 6.45) is 0. The molecular formula is C21H26ClN3O2. The Bertz CT molecular complexity index is 758. The minimum absolute atomic E-state index is 0.0350. The summed E-state index contributed by atoms with van der Waals surface area (Å²) in [7, 11) is 1.67. The van der Waals surface area contributed by atoms with E-state index >= 15 is 0 Å². The molecule has 1 aliphatic rings. The lowest BCUT2D eigenvalue weighted by atomic mass is 10.1. The van der Waals surface area contributed by atoms with Gasteiger partial charge >= 0.3 is 0 Å². The summed E-state index contributed by atoms with van der Waals surface area (Å²) in [5.41, 5.74) is 2.12. The van der Waals surface area contributed by atoms with E-state index in [-0.39, 0.29) is 11.9 Å². The maximum absolute atomic E-state index is 12.5. The third-order valence-corrected chi connectivity index (χ3v) is 5.46. The van der Waals surface area contributed by atoms with Gasteiger partial charge in [0.25, 0.3) is 0 Å². The molecule has 1 heterocycles. The number of piperazine rings is 1. The van der Waals surface area contributed by atoms with Gasteiger partial charge in [-0.25, -0.2) is 0 Å². The third kappa shape index (κ3) is 4.93. The molecule has 1 unspecified atom stereocenters. The molecule has 0 radical (unpaired) electrons. The van der Waals surface area contributed by atoms with E-state index < -0.39 is 0 Å². The summed E-state index contributed by atoms with van der Waals surface area (Å²) in [4.78, 5) is 17.1. The van der Waals surface area contributed by atoms with Gasteiger partial charge in [0.05, 0.1) is 13.2 Å². The van der Waals surface area contributed by atoms with E-state index in [0.29, 0.717) is 11.6 Å². The van der Waals surface area contributed by atoms with E-state index in [1.54, 1.807) is 7.11 Å². The van der Waals surface area contributed by atoms with Crippen molar-refractivity contribution < 1.29 is 9.53 Å². The van der Waals surface area contributed by atoms with Crippen LogP contribution in [0.1, 0.15) is 12.5 Å². The van der Waals surface area contributed by atoms with Crippen molar-refractivity contribution >= 4 is 23.2 Å². The molecular weight excluding hydrogens is 362 g/mol. The van der Waals surface area contributed by atoms with Gasteiger partial charge in [-0.05, 0) is 42.8 Å². The molecule has 1 aliphatic heterocycles. The average molecular weight is 388 g/mol. The summed E-state index contributed by atoms with van der Waals surface area (Å²) < 4.78 is 5.21. The van der Waals surface area contributed by atoms with Crippen LogP contribution in [0.5, 0.6) is 5.75 Å². The maximum Gasteiger partial charge on any atom is 0.237 e. The van der Waals surface area contributed by atoms with Crippen molar-refractivity contribution in [1.29, 1.82) is 0 Å². The SMILES string of the molecule is COc1ccc(N2CCN(C(C)C(=O)NCc3ccccc3Cl)CC2)cc1. The van der Waals surface area contributed by atoms with Gasteiger partial charge in [0.15, 0.2) is 0 Å². The van der Waals surface area contributed by atoms with Crippen LogP contribution < -0.4 is 15.0 Å². The number of methoxy groups -OCH3 is 1. The van der Waals surface area contributed by atoms with Crippen molar-refractivity contribution in [3.63, 3.8) is 0 Å². The Morgan fingerprint density at radius 2 is 1.78 bits per heavy atom. The first-order chi connectivity index (χ1) is 13.1. The first-order valence-electron chi connectivity index (χ1n) is 9.22. The molecule has 1 amide bonds. The number of hydrogen-bond acceptors (Lipinski definition) is 4. The third-order valence-electron chi connectivity index (χ3n) is 5.09. The number of hydrogen-bond donors (Lipinski definition) is 1. The molecule has 3 rings (SSSR count). The lowest BCUT2D eigenvalue weighted by Gasteiger charge is -2.38. The zero-order chi connectivity index (χ0) is 19.2. The van der Waals surface area contributed by atoms with Crippen molar-refractivity contribution in [2.24, 2.45) is 0 Å². The molecule has 144 valence electrons. The molecule has 1 fully saturated rings. The average Bonchev–Trinajstić information content (AvgIpc) is 2.72. The number of rotatable bonds is 6. The smallest absolute Gasteiger partial charge is 0.237 e. The second kappa shape index (κ2) is 9.11. The normalized spacial score (nSPS) is 16.0. The Balaban J connectivity index is 1.49. The van der Waals surface area contributed by atoms with Gasteiger partial charge in [-0.2, -0.15) is 0 Å². The minimum Gasteiger partial charge on any atom is -0.497 e. The largest absolute Gasteiger partial charge is 0.497 e. The first kappa shape index (κ1) is 19.5. The molecule has 0 bridgehead atoms. The first-order valence-corrected chi connectivity index (χ1v) is 9.60. The molecule has 2 aromatic carbocycles. The molecule has 1 atom stereocenters. The fraction of sp³-hybridized carbons (Fsp3) is 0.381. The highest BCUT2D eigenvalue weighted by molar-refractivity contribution is 6.31. The van der Waals surface area contributed by atoms with Crippen molar-refractivity contribution in [3.8, 4) is 5.75 Å². The molecule has 2 aromatic rings. The molecule has 0 aromatic heterocycles. The summed E-state index contributed by atoms with van der Waals surface area (Å²) in [5.74, 6) is 0.897. The Labute approximate surface area is 165 Å². The molecule has 0 aliphatic carbocycles. The second-order valence-corrected chi connectivity index (χ2v) is 7.11. The minimum atomic E-state index is -0.162. The van der Waals surface area contributed by atoms with E-state index in [2.05, 4.69) is 27.2 Å². The van der Waals surface area contributed by atoms with E-state index in [9.17, 15) is 4.79 Å². The number of benzene rings is 2. The summed E-state index contributed by atoms with van der Waals surface area (Å²) in [6.45, 7) is 5.92. The standard InChI is InChI=1S/C21H26ClN3O2/c1-16(21(26)23-15-17-5-3-4-6-20(17)22)24-11-13-25(14-12-24)18-7-9-19(27-2)10-8-18/h3-10,16H,11-15H2,1-2H3,(H,23,26). The highest BCUT2D eigenvalue weighted by Crippen LogP contribution is 2.21. The maximum atomic E-state index is 12.5. The number of halogens is 1. The zero-order valence-corrected chi connectivity index (χ0v) is 16.6. The van der Waals surface area contributed by atoms with Gasteiger partial charge in [0, 0.05) is 43.4 Å².